The fourth-order valence-electron chi connectivity index (χ4n) is 5.25. The van der Waals surface area contributed by atoms with E-state index in [4.69, 9.17) is 15.6 Å². The van der Waals surface area contributed by atoms with Crippen LogP contribution in [0.1, 0.15) is 63.9 Å². The molecule has 4 rings (SSSR count). The van der Waals surface area contributed by atoms with Crippen LogP contribution in [0.15, 0.2) is 18.2 Å². The van der Waals surface area contributed by atoms with Crippen LogP contribution in [0, 0.1) is 16.2 Å². The number of ether oxygens (including phenoxy) is 1. The molecule has 1 unspecified atom stereocenters. The second-order valence-electron chi connectivity index (χ2n) is 11.3. The number of benzene rings is 1. The van der Waals surface area contributed by atoms with Crippen molar-refractivity contribution in [1.82, 2.24) is 14.7 Å². The summed E-state index contributed by atoms with van der Waals surface area (Å²) < 4.78 is 50.4. The molecule has 10 nitrogen and oxygen atoms in total. The van der Waals surface area contributed by atoms with Crippen molar-refractivity contribution in [2.24, 2.45) is 5.41 Å². The number of anilines is 4. The summed E-state index contributed by atoms with van der Waals surface area (Å²) in [6.45, 7) is 9.13. The highest BCUT2D eigenvalue weighted by Gasteiger charge is 2.51. The van der Waals surface area contributed by atoms with E-state index in [1.54, 1.807) is 30.1 Å². The van der Waals surface area contributed by atoms with Crippen LogP contribution < -0.4 is 20.3 Å². The first-order valence-electron chi connectivity index (χ1n) is 13.3. The van der Waals surface area contributed by atoms with Crippen molar-refractivity contribution < 1.29 is 17.7 Å². The maximum Gasteiger partial charge on any atom is 0.284 e. The van der Waals surface area contributed by atoms with Gasteiger partial charge in [-0.05, 0) is 58.7 Å². The molecule has 0 bridgehead atoms. The van der Waals surface area contributed by atoms with E-state index in [1.165, 1.54) is 6.21 Å². The number of nitrogens with one attached hydrogen (secondary N) is 5. The first kappa shape index (κ1) is 29.9. The van der Waals surface area contributed by atoms with Crippen molar-refractivity contribution in [3.05, 3.63) is 35.2 Å². The molecule has 2 aromatic rings. The first-order valence-corrected chi connectivity index (χ1v) is 14.4. The number of alkyl halides is 2. The normalized spacial score (nSPS) is 21.4. The van der Waals surface area contributed by atoms with E-state index in [0.717, 1.165) is 6.21 Å². The van der Waals surface area contributed by atoms with Crippen molar-refractivity contribution in [2.45, 2.75) is 63.9 Å². The number of nitrogens with zero attached hydrogens (tertiary/aromatic N) is 3. The Morgan fingerprint density at radius 2 is 1.90 bits per heavy atom. The minimum atomic E-state index is -2.87. The predicted molar refractivity (Wildman–Crippen MR) is 156 cm³/mol. The Labute approximate surface area is 236 Å². The molecule has 218 valence electrons. The average Bonchev–Trinajstić information content (AvgIpc) is 3.22. The summed E-state index contributed by atoms with van der Waals surface area (Å²) in [5.74, 6) is 0.123. The molecule has 1 spiro atoms. The molecule has 13 heteroatoms. The van der Waals surface area contributed by atoms with Gasteiger partial charge in [-0.3, -0.25) is 0 Å². The molecule has 3 heterocycles. The van der Waals surface area contributed by atoms with Crippen molar-refractivity contribution in [3.8, 4) is 0 Å². The van der Waals surface area contributed by atoms with Gasteiger partial charge in [-0.2, -0.15) is 0 Å². The molecule has 2 saturated heterocycles. The zero-order chi connectivity index (χ0) is 29.2. The zero-order valence-corrected chi connectivity index (χ0v) is 24.3. The average molecular weight is 577 g/mol. The van der Waals surface area contributed by atoms with Gasteiger partial charge in [-0.1, -0.05) is 0 Å². The lowest BCUT2D eigenvalue weighted by Gasteiger charge is -2.43. The van der Waals surface area contributed by atoms with Gasteiger partial charge in [0, 0.05) is 54.9 Å². The van der Waals surface area contributed by atoms with Crippen LogP contribution in [0.4, 0.5) is 31.8 Å². The maximum atomic E-state index is 14.3. The van der Waals surface area contributed by atoms with Gasteiger partial charge >= 0.3 is 0 Å². The number of halogens is 2. The van der Waals surface area contributed by atoms with Gasteiger partial charge in [0.15, 0.2) is 17.3 Å². The van der Waals surface area contributed by atoms with E-state index in [9.17, 15) is 13.0 Å². The Morgan fingerprint density at radius 1 is 1.20 bits per heavy atom. The van der Waals surface area contributed by atoms with E-state index >= 15 is 0 Å². The second-order valence-corrected chi connectivity index (χ2v) is 13.3. The molecule has 0 saturated carbocycles. The van der Waals surface area contributed by atoms with E-state index in [1.807, 2.05) is 27.7 Å². The molecular formula is C27H38F2N8O2S. The highest BCUT2D eigenvalue weighted by molar-refractivity contribution is 7.84. The lowest BCUT2D eigenvalue weighted by Crippen LogP contribution is -2.55. The highest BCUT2D eigenvalue weighted by Crippen LogP contribution is 2.44. The van der Waals surface area contributed by atoms with Crippen LogP contribution in [-0.2, 0) is 15.7 Å². The van der Waals surface area contributed by atoms with Crippen molar-refractivity contribution in [2.75, 3.05) is 42.3 Å². The Balaban J connectivity index is 1.58. The number of piperidine rings is 1. The van der Waals surface area contributed by atoms with E-state index in [2.05, 4.69) is 25.3 Å². The molecule has 40 heavy (non-hydrogen) atoms. The first-order chi connectivity index (χ1) is 18.9. The topological polar surface area (TPSA) is 139 Å². The third-order valence-electron chi connectivity index (χ3n) is 7.63. The van der Waals surface area contributed by atoms with Gasteiger partial charge in [0.25, 0.3) is 6.43 Å². The van der Waals surface area contributed by atoms with Crippen LogP contribution in [0.25, 0.3) is 0 Å². The summed E-state index contributed by atoms with van der Waals surface area (Å²) in [4.78, 5) is 10.5. The molecule has 3 atom stereocenters. The molecule has 0 radical (unpaired) electrons. The molecule has 1 aromatic carbocycles. The Kier molecular flexibility index (Phi) is 8.86. The van der Waals surface area contributed by atoms with Crippen molar-refractivity contribution >= 4 is 46.4 Å². The minimum absolute atomic E-state index is 0.0547. The number of hydrogen-bond donors (Lipinski definition) is 5. The maximum absolute atomic E-state index is 14.3. The summed E-state index contributed by atoms with van der Waals surface area (Å²) in [5, 5.41) is 21.4. The van der Waals surface area contributed by atoms with Crippen LogP contribution in [0.3, 0.4) is 0 Å². The van der Waals surface area contributed by atoms with Gasteiger partial charge < -0.3 is 31.1 Å². The van der Waals surface area contributed by atoms with Crippen molar-refractivity contribution in [3.63, 3.8) is 0 Å². The van der Waals surface area contributed by atoms with Gasteiger partial charge in [-0.15, -0.1) is 0 Å². The highest BCUT2D eigenvalue weighted by atomic mass is 32.2. The van der Waals surface area contributed by atoms with Crippen LogP contribution in [0.5, 0.6) is 0 Å². The summed E-state index contributed by atoms with van der Waals surface area (Å²) in [6, 6.07) is 5.04. The minimum Gasteiger partial charge on any atom is -0.388 e. The van der Waals surface area contributed by atoms with Crippen LogP contribution >= 0.6 is 0 Å². The SMILES string of the molecule is CNc1cc(Nc2nc(C(F)F)c(N3CCC4(CC3)CO[C@@H](C)[C@H]4NS(=O)C(C)(C)C)nc2C=N)ccc1C=N. The molecule has 2 aliphatic rings. The number of rotatable bonds is 9. The molecule has 2 fully saturated rings. The Morgan fingerprint density at radius 3 is 2.48 bits per heavy atom. The molecular weight excluding hydrogens is 538 g/mol. The number of hydrogen-bond acceptors (Lipinski definition) is 9. The monoisotopic (exact) mass is 576 g/mol. The Hall–Kier alpha value is -3.03. The van der Waals surface area contributed by atoms with Crippen LogP contribution in [0.2, 0.25) is 0 Å². The molecule has 0 amide bonds. The molecule has 5 N–H and O–H groups in total. The van der Waals surface area contributed by atoms with E-state index in [-0.39, 0.29) is 34.9 Å². The lowest BCUT2D eigenvalue weighted by molar-refractivity contribution is 0.0971. The Bertz CT molecular complexity index is 1280. The fourth-order valence-corrected chi connectivity index (χ4v) is 6.28. The zero-order valence-electron chi connectivity index (χ0n) is 23.5. The fraction of sp³-hybridized carbons (Fsp3) is 0.556. The summed E-state index contributed by atoms with van der Waals surface area (Å²) in [5.41, 5.74) is 1.33. The summed E-state index contributed by atoms with van der Waals surface area (Å²) in [7, 11) is 0.454. The largest absolute Gasteiger partial charge is 0.388 e. The third kappa shape index (κ3) is 6.01. The van der Waals surface area contributed by atoms with Gasteiger partial charge in [-0.25, -0.2) is 27.7 Å². The molecule has 1 aromatic heterocycles. The standard InChI is InChI=1S/C27H38F2N8O2S/c1-16-22(36-40(38)26(2,3)4)27(15-39-16)8-10-37(11-9-27)25-21(23(28)29)35-24(20(14-31)34-25)33-18-7-6-17(13-30)19(12-18)32-5/h6-7,12-14,16,22-23,30-32,36H,8-11,15H2,1-5H3,(H,33,35)/t16-,22+,40?/m0/s1. The predicted octanol–water partition coefficient (Wildman–Crippen LogP) is 4.62. The summed E-state index contributed by atoms with van der Waals surface area (Å²) >= 11 is 0. The second kappa shape index (κ2) is 11.8. The van der Waals surface area contributed by atoms with Gasteiger partial charge in [0.2, 0.25) is 0 Å². The summed E-state index contributed by atoms with van der Waals surface area (Å²) in [6.07, 6.45) is 0.509. The van der Waals surface area contributed by atoms with E-state index < -0.39 is 27.9 Å². The smallest absolute Gasteiger partial charge is 0.284 e. The quantitative estimate of drug-likeness (QED) is 0.275. The van der Waals surface area contributed by atoms with Gasteiger partial charge in [0.05, 0.1) is 34.5 Å². The molecule has 0 aliphatic carbocycles. The van der Waals surface area contributed by atoms with E-state index in [0.29, 0.717) is 49.5 Å². The lowest BCUT2D eigenvalue weighted by atomic mass is 9.73. The van der Waals surface area contributed by atoms with Gasteiger partial charge in [0.1, 0.15) is 5.69 Å². The molecule has 2 aliphatic heterocycles. The van der Waals surface area contributed by atoms with Crippen LogP contribution in [-0.4, -0.2) is 70.2 Å². The van der Waals surface area contributed by atoms with Crippen molar-refractivity contribution in [1.29, 1.82) is 10.8 Å². The third-order valence-corrected chi connectivity index (χ3v) is 9.21. The number of aromatic nitrogens is 2.